The van der Waals surface area contributed by atoms with Crippen LogP contribution in [-0.2, 0) is 9.47 Å². The first kappa shape index (κ1) is 16.0. The Hall–Kier alpha value is -1.10. The molecule has 0 spiro atoms. The number of hydrogen-bond donors (Lipinski definition) is 1. The summed E-state index contributed by atoms with van der Waals surface area (Å²) < 4.78 is 16.2. The summed E-state index contributed by atoms with van der Waals surface area (Å²) in [5.41, 5.74) is 1.19. The molecule has 0 bridgehead atoms. The first-order chi connectivity index (χ1) is 9.21. The van der Waals surface area contributed by atoms with Crippen molar-refractivity contribution in [3.63, 3.8) is 0 Å². The molecule has 19 heavy (non-hydrogen) atoms. The van der Waals surface area contributed by atoms with Crippen molar-refractivity contribution in [2.45, 2.75) is 33.1 Å². The molecule has 1 N–H and O–H groups in total. The van der Waals surface area contributed by atoms with Gasteiger partial charge in [0.15, 0.2) is 6.29 Å². The Balaban J connectivity index is 2.50. The lowest BCUT2D eigenvalue weighted by Crippen LogP contribution is -2.33. The van der Waals surface area contributed by atoms with Crippen LogP contribution in [0.3, 0.4) is 0 Å². The summed E-state index contributed by atoms with van der Waals surface area (Å²) in [7, 11) is 1.68. The molecule has 0 heterocycles. The first-order valence-electron chi connectivity index (χ1n) is 6.81. The van der Waals surface area contributed by atoms with E-state index in [1.54, 1.807) is 7.11 Å². The summed E-state index contributed by atoms with van der Waals surface area (Å²) in [5, 5.41) is 3.41. The van der Waals surface area contributed by atoms with Crippen LogP contribution in [0.15, 0.2) is 24.3 Å². The summed E-state index contributed by atoms with van der Waals surface area (Å²) in [4.78, 5) is 0. The number of nitrogens with one attached hydrogen (secondary N) is 1. The van der Waals surface area contributed by atoms with E-state index >= 15 is 0 Å². The fourth-order valence-corrected chi connectivity index (χ4v) is 1.84. The molecule has 1 rings (SSSR count). The monoisotopic (exact) mass is 267 g/mol. The van der Waals surface area contributed by atoms with Gasteiger partial charge < -0.3 is 19.5 Å². The van der Waals surface area contributed by atoms with Gasteiger partial charge in [0, 0.05) is 25.8 Å². The highest BCUT2D eigenvalue weighted by Gasteiger charge is 2.11. The summed E-state index contributed by atoms with van der Waals surface area (Å²) in [5.74, 6) is 0.873. The highest BCUT2D eigenvalue weighted by Crippen LogP contribution is 2.18. The second-order valence-electron chi connectivity index (χ2n) is 4.25. The minimum atomic E-state index is -0.192. The third-order valence-corrected chi connectivity index (χ3v) is 2.89. The maximum atomic E-state index is 5.50. The minimum absolute atomic E-state index is 0.192. The zero-order chi connectivity index (χ0) is 14.1. The van der Waals surface area contributed by atoms with Gasteiger partial charge >= 0.3 is 0 Å². The van der Waals surface area contributed by atoms with Gasteiger partial charge in [-0.1, -0.05) is 12.1 Å². The molecule has 1 aromatic rings. The van der Waals surface area contributed by atoms with Gasteiger partial charge in [0.2, 0.25) is 0 Å². The number of hydrogen-bond acceptors (Lipinski definition) is 4. The third-order valence-electron chi connectivity index (χ3n) is 2.89. The van der Waals surface area contributed by atoms with Crippen molar-refractivity contribution >= 4 is 0 Å². The van der Waals surface area contributed by atoms with Crippen LogP contribution in [0.2, 0.25) is 0 Å². The molecule has 0 aliphatic rings. The summed E-state index contributed by atoms with van der Waals surface area (Å²) in [6, 6.07) is 8.28. The molecule has 0 amide bonds. The zero-order valence-corrected chi connectivity index (χ0v) is 12.3. The quantitative estimate of drug-likeness (QED) is 0.698. The lowest BCUT2D eigenvalue weighted by molar-refractivity contribution is -0.133. The Bertz CT molecular complexity index is 351. The Morgan fingerprint density at radius 1 is 1.16 bits per heavy atom. The standard InChI is InChI=1S/C15H25NO3/c1-5-18-15(19-6-2)11-16-12(3)13-8-7-9-14(10-13)17-4/h7-10,12,15-16H,5-6,11H2,1-4H3/t12-/m0/s1. The van der Waals surface area contributed by atoms with Gasteiger partial charge in [0.05, 0.1) is 7.11 Å². The van der Waals surface area contributed by atoms with E-state index in [0.717, 1.165) is 5.75 Å². The smallest absolute Gasteiger partial charge is 0.169 e. The molecule has 0 radical (unpaired) electrons. The van der Waals surface area contributed by atoms with Gasteiger partial charge in [-0.3, -0.25) is 0 Å². The molecule has 0 unspecified atom stereocenters. The van der Waals surface area contributed by atoms with Gasteiger partial charge in [0.25, 0.3) is 0 Å². The molecule has 0 aromatic heterocycles. The largest absolute Gasteiger partial charge is 0.497 e. The lowest BCUT2D eigenvalue weighted by Gasteiger charge is -2.21. The topological polar surface area (TPSA) is 39.7 Å². The summed E-state index contributed by atoms with van der Waals surface area (Å²) >= 11 is 0. The van der Waals surface area contributed by atoms with Crippen LogP contribution in [0.25, 0.3) is 0 Å². The maximum Gasteiger partial charge on any atom is 0.169 e. The van der Waals surface area contributed by atoms with E-state index in [4.69, 9.17) is 14.2 Å². The summed E-state index contributed by atoms with van der Waals surface area (Å²) in [6.45, 7) is 8.03. The van der Waals surface area contributed by atoms with Gasteiger partial charge in [-0.2, -0.15) is 0 Å². The Morgan fingerprint density at radius 3 is 2.42 bits per heavy atom. The zero-order valence-electron chi connectivity index (χ0n) is 12.3. The molecule has 0 aliphatic heterocycles. The fraction of sp³-hybridized carbons (Fsp3) is 0.600. The number of rotatable bonds is 9. The highest BCUT2D eigenvalue weighted by atomic mass is 16.7. The molecule has 4 nitrogen and oxygen atoms in total. The molecule has 0 saturated heterocycles. The minimum Gasteiger partial charge on any atom is -0.497 e. The van der Waals surface area contributed by atoms with Crippen LogP contribution in [-0.4, -0.2) is 33.2 Å². The highest BCUT2D eigenvalue weighted by molar-refractivity contribution is 5.30. The molecular weight excluding hydrogens is 242 g/mol. The average molecular weight is 267 g/mol. The van der Waals surface area contributed by atoms with E-state index in [9.17, 15) is 0 Å². The van der Waals surface area contributed by atoms with Crippen molar-refractivity contribution in [1.82, 2.24) is 5.32 Å². The fourth-order valence-electron chi connectivity index (χ4n) is 1.84. The second kappa shape index (κ2) is 8.91. The van der Waals surface area contributed by atoms with E-state index in [0.29, 0.717) is 19.8 Å². The molecule has 1 atom stereocenters. The molecular formula is C15H25NO3. The van der Waals surface area contributed by atoms with Crippen molar-refractivity contribution in [3.8, 4) is 5.75 Å². The average Bonchev–Trinajstić information content (AvgIpc) is 2.45. The number of benzene rings is 1. The van der Waals surface area contributed by atoms with Crippen LogP contribution in [0, 0.1) is 0 Å². The normalized spacial score (nSPS) is 12.7. The van der Waals surface area contributed by atoms with Crippen LogP contribution in [0.5, 0.6) is 5.75 Å². The van der Waals surface area contributed by atoms with Gasteiger partial charge in [-0.15, -0.1) is 0 Å². The number of ether oxygens (including phenoxy) is 3. The van der Waals surface area contributed by atoms with Gasteiger partial charge in [-0.05, 0) is 38.5 Å². The Labute approximate surface area is 116 Å². The third kappa shape index (κ3) is 5.59. The molecule has 108 valence electrons. The molecule has 0 aliphatic carbocycles. The number of methoxy groups -OCH3 is 1. The van der Waals surface area contributed by atoms with Crippen LogP contribution in [0.1, 0.15) is 32.4 Å². The van der Waals surface area contributed by atoms with E-state index in [2.05, 4.69) is 18.3 Å². The molecule has 0 fully saturated rings. The van der Waals surface area contributed by atoms with Crippen molar-refractivity contribution < 1.29 is 14.2 Å². The SMILES string of the molecule is CCOC(CN[C@@H](C)c1cccc(OC)c1)OCC. The van der Waals surface area contributed by atoms with E-state index in [1.165, 1.54) is 5.56 Å². The Kier molecular flexibility index (Phi) is 7.48. The molecule has 0 saturated carbocycles. The van der Waals surface area contributed by atoms with E-state index in [1.807, 2.05) is 32.0 Å². The van der Waals surface area contributed by atoms with Crippen LogP contribution < -0.4 is 10.1 Å². The van der Waals surface area contributed by atoms with Gasteiger partial charge in [-0.25, -0.2) is 0 Å². The van der Waals surface area contributed by atoms with Crippen LogP contribution >= 0.6 is 0 Å². The predicted octanol–water partition coefficient (Wildman–Crippen LogP) is 2.74. The first-order valence-corrected chi connectivity index (χ1v) is 6.81. The predicted molar refractivity (Wildman–Crippen MR) is 76.5 cm³/mol. The van der Waals surface area contributed by atoms with E-state index in [-0.39, 0.29) is 12.3 Å². The second-order valence-corrected chi connectivity index (χ2v) is 4.25. The van der Waals surface area contributed by atoms with Crippen molar-refractivity contribution in [2.24, 2.45) is 0 Å². The Morgan fingerprint density at radius 2 is 1.84 bits per heavy atom. The maximum absolute atomic E-state index is 5.50. The van der Waals surface area contributed by atoms with Crippen molar-refractivity contribution in [3.05, 3.63) is 29.8 Å². The van der Waals surface area contributed by atoms with Crippen molar-refractivity contribution in [1.29, 1.82) is 0 Å². The van der Waals surface area contributed by atoms with Crippen molar-refractivity contribution in [2.75, 3.05) is 26.9 Å². The lowest BCUT2D eigenvalue weighted by atomic mass is 10.1. The van der Waals surface area contributed by atoms with E-state index < -0.39 is 0 Å². The molecule has 4 heteroatoms. The van der Waals surface area contributed by atoms with Crippen LogP contribution in [0.4, 0.5) is 0 Å². The molecule has 1 aromatic carbocycles. The van der Waals surface area contributed by atoms with Gasteiger partial charge in [0.1, 0.15) is 5.75 Å². The summed E-state index contributed by atoms with van der Waals surface area (Å²) in [6.07, 6.45) is -0.192.